The fourth-order valence-corrected chi connectivity index (χ4v) is 1.99. The molecule has 0 spiro atoms. The van der Waals surface area contributed by atoms with E-state index in [1.807, 2.05) is 6.07 Å². The lowest BCUT2D eigenvalue weighted by Gasteiger charge is -2.06. The third kappa shape index (κ3) is 4.33. The first-order chi connectivity index (χ1) is 7.63. The summed E-state index contributed by atoms with van der Waals surface area (Å²) < 4.78 is 0. The molecule has 0 aliphatic heterocycles. The van der Waals surface area contributed by atoms with Gasteiger partial charge < -0.3 is 15.7 Å². The van der Waals surface area contributed by atoms with E-state index in [-0.39, 0.29) is 11.3 Å². The van der Waals surface area contributed by atoms with Gasteiger partial charge >= 0.3 is 0 Å². The molecular weight excluding hydrogens is 248 g/mol. The van der Waals surface area contributed by atoms with Gasteiger partial charge in [0.25, 0.3) is 0 Å². The first-order valence-corrected chi connectivity index (χ1v) is 6.02. The lowest BCUT2D eigenvalue weighted by molar-refractivity contribution is 0.192. The Morgan fingerprint density at radius 3 is 2.94 bits per heavy atom. The Balaban J connectivity index is 2.25. The topological polar surface area (TPSA) is 81.0 Å². The summed E-state index contributed by atoms with van der Waals surface area (Å²) >= 11 is 6.95. The van der Waals surface area contributed by atoms with Gasteiger partial charge in [0.2, 0.25) is 0 Å². The van der Waals surface area contributed by atoms with Crippen molar-refractivity contribution in [2.24, 2.45) is 0 Å². The molecule has 0 bridgehead atoms. The van der Waals surface area contributed by atoms with Crippen LogP contribution in [0, 0.1) is 11.3 Å². The van der Waals surface area contributed by atoms with Crippen molar-refractivity contribution < 1.29 is 5.11 Å². The molecule has 0 aromatic carbocycles. The second kappa shape index (κ2) is 6.66. The zero-order valence-electron chi connectivity index (χ0n) is 8.83. The standard InChI is InChI=1S/C9H13ClN4OS/c1-6(15)5-12-2-3-13-9-14-8(10)7(4-11)16-9/h6,12,15H,2-3,5H2,1H3,(H,13,14). The number of nitrogens with one attached hydrogen (secondary N) is 2. The average Bonchev–Trinajstić information content (AvgIpc) is 2.58. The van der Waals surface area contributed by atoms with Crippen LogP contribution in [0.2, 0.25) is 5.15 Å². The molecule has 0 aliphatic carbocycles. The molecule has 0 fully saturated rings. The first-order valence-electron chi connectivity index (χ1n) is 4.82. The maximum Gasteiger partial charge on any atom is 0.185 e. The van der Waals surface area contributed by atoms with Gasteiger partial charge in [-0.15, -0.1) is 0 Å². The summed E-state index contributed by atoms with van der Waals surface area (Å²) in [6.45, 7) is 3.66. The van der Waals surface area contributed by atoms with Crippen LogP contribution in [0.5, 0.6) is 0 Å². The lowest BCUT2D eigenvalue weighted by atomic mass is 10.4. The Morgan fingerprint density at radius 2 is 2.38 bits per heavy atom. The Kier molecular flexibility index (Phi) is 5.49. The van der Waals surface area contributed by atoms with E-state index in [0.717, 1.165) is 0 Å². The third-order valence-corrected chi connectivity index (χ3v) is 3.01. The van der Waals surface area contributed by atoms with Crippen molar-refractivity contribution in [3.63, 3.8) is 0 Å². The van der Waals surface area contributed by atoms with Crippen LogP contribution in [0.3, 0.4) is 0 Å². The molecule has 1 aromatic heterocycles. The zero-order valence-corrected chi connectivity index (χ0v) is 10.4. The van der Waals surface area contributed by atoms with E-state index in [0.29, 0.717) is 29.6 Å². The summed E-state index contributed by atoms with van der Waals surface area (Å²) in [5.74, 6) is 0. The van der Waals surface area contributed by atoms with Crippen molar-refractivity contribution in [1.29, 1.82) is 5.26 Å². The number of anilines is 1. The van der Waals surface area contributed by atoms with Gasteiger partial charge in [-0.1, -0.05) is 22.9 Å². The van der Waals surface area contributed by atoms with Gasteiger partial charge in [0.1, 0.15) is 10.9 Å². The quantitative estimate of drug-likeness (QED) is 0.666. The van der Waals surface area contributed by atoms with Crippen LogP contribution in [0.15, 0.2) is 0 Å². The second-order valence-electron chi connectivity index (χ2n) is 3.23. The maximum absolute atomic E-state index is 8.99. The molecule has 5 nitrogen and oxygen atoms in total. The minimum Gasteiger partial charge on any atom is -0.392 e. The van der Waals surface area contributed by atoms with Gasteiger partial charge in [-0.3, -0.25) is 0 Å². The number of nitrogens with zero attached hydrogens (tertiary/aromatic N) is 2. The number of aromatic nitrogens is 1. The highest BCUT2D eigenvalue weighted by Gasteiger charge is 2.07. The lowest BCUT2D eigenvalue weighted by Crippen LogP contribution is -2.28. The van der Waals surface area contributed by atoms with Gasteiger partial charge in [0.05, 0.1) is 6.10 Å². The molecule has 1 aromatic rings. The molecule has 1 rings (SSSR count). The van der Waals surface area contributed by atoms with Crippen molar-refractivity contribution in [2.75, 3.05) is 25.0 Å². The van der Waals surface area contributed by atoms with Gasteiger partial charge in [0, 0.05) is 19.6 Å². The Hall–Kier alpha value is -0.870. The van der Waals surface area contributed by atoms with E-state index in [4.69, 9.17) is 22.0 Å². The number of rotatable bonds is 6. The van der Waals surface area contributed by atoms with E-state index in [2.05, 4.69) is 15.6 Å². The molecule has 0 saturated carbocycles. The number of aliphatic hydroxyl groups is 1. The summed E-state index contributed by atoms with van der Waals surface area (Å²) in [5, 5.41) is 24.6. The summed E-state index contributed by atoms with van der Waals surface area (Å²) in [7, 11) is 0. The predicted molar refractivity (Wildman–Crippen MR) is 64.9 cm³/mol. The molecular formula is C9H13ClN4OS. The van der Waals surface area contributed by atoms with Gasteiger partial charge in [0.15, 0.2) is 10.3 Å². The van der Waals surface area contributed by atoms with Gasteiger partial charge in [-0.05, 0) is 6.92 Å². The summed E-state index contributed by atoms with van der Waals surface area (Å²) in [4.78, 5) is 4.41. The molecule has 88 valence electrons. The Labute approximate surface area is 103 Å². The number of thiazole rings is 1. The molecule has 16 heavy (non-hydrogen) atoms. The molecule has 1 unspecified atom stereocenters. The van der Waals surface area contributed by atoms with E-state index in [9.17, 15) is 0 Å². The van der Waals surface area contributed by atoms with Gasteiger partial charge in [-0.25, -0.2) is 4.98 Å². The normalized spacial score (nSPS) is 12.1. The SMILES string of the molecule is CC(O)CNCCNc1nc(Cl)c(C#N)s1. The molecule has 0 radical (unpaired) electrons. The Bertz CT molecular complexity index is 374. The third-order valence-electron chi connectivity index (χ3n) is 1.71. The Morgan fingerprint density at radius 1 is 1.62 bits per heavy atom. The fraction of sp³-hybridized carbons (Fsp3) is 0.556. The summed E-state index contributed by atoms with van der Waals surface area (Å²) in [6, 6.07) is 1.97. The van der Waals surface area contributed by atoms with Crippen LogP contribution >= 0.6 is 22.9 Å². The number of hydrogen-bond donors (Lipinski definition) is 3. The van der Waals surface area contributed by atoms with Crippen LogP contribution < -0.4 is 10.6 Å². The van der Waals surface area contributed by atoms with E-state index in [1.165, 1.54) is 11.3 Å². The smallest absolute Gasteiger partial charge is 0.185 e. The minimum absolute atomic E-state index is 0.243. The second-order valence-corrected chi connectivity index (χ2v) is 4.59. The van der Waals surface area contributed by atoms with Crippen molar-refractivity contribution in [3.05, 3.63) is 10.0 Å². The van der Waals surface area contributed by atoms with E-state index < -0.39 is 0 Å². The molecule has 0 aliphatic rings. The van der Waals surface area contributed by atoms with Crippen molar-refractivity contribution in [1.82, 2.24) is 10.3 Å². The molecule has 1 heterocycles. The highest BCUT2D eigenvalue weighted by molar-refractivity contribution is 7.16. The van der Waals surface area contributed by atoms with Crippen LogP contribution in [-0.2, 0) is 0 Å². The van der Waals surface area contributed by atoms with Crippen molar-refractivity contribution >= 4 is 28.1 Å². The number of hydrogen-bond acceptors (Lipinski definition) is 6. The molecule has 1 atom stereocenters. The van der Waals surface area contributed by atoms with Crippen molar-refractivity contribution in [2.45, 2.75) is 13.0 Å². The zero-order chi connectivity index (χ0) is 12.0. The predicted octanol–water partition coefficient (Wildman–Crippen LogP) is 1.05. The van der Waals surface area contributed by atoms with Crippen molar-refractivity contribution in [3.8, 4) is 6.07 Å². The van der Waals surface area contributed by atoms with Crippen LogP contribution in [-0.4, -0.2) is 35.8 Å². The van der Waals surface area contributed by atoms with Crippen LogP contribution in [0.4, 0.5) is 5.13 Å². The van der Waals surface area contributed by atoms with E-state index in [1.54, 1.807) is 6.92 Å². The fourth-order valence-electron chi connectivity index (χ4n) is 1.01. The van der Waals surface area contributed by atoms with Crippen LogP contribution in [0.25, 0.3) is 0 Å². The molecule has 7 heteroatoms. The first kappa shape index (κ1) is 13.2. The largest absolute Gasteiger partial charge is 0.392 e. The maximum atomic E-state index is 8.99. The molecule has 0 amide bonds. The average molecular weight is 261 g/mol. The summed E-state index contributed by atoms with van der Waals surface area (Å²) in [5.41, 5.74) is 0. The monoisotopic (exact) mass is 260 g/mol. The molecule has 0 saturated heterocycles. The number of halogens is 1. The number of nitriles is 1. The minimum atomic E-state index is -0.348. The summed E-state index contributed by atoms with van der Waals surface area (Å²) in [6.07, 6.45) is -0.348. The highest BCUT2D eigenvalue weighted by atomic mass is 35.5. The van der Waals surface area contributed by atoms with E-state index >= 15 is 0 Å². The van der Waals surface area contributed by atoms with Crippen LogP contribution in [0.1, 0.15) is 11.8 Å². The highest BCUT2D eigenvalue weighted by Crippen LogP contribution is 2.25. The number of aliphatic hydroxyl groups excluding tert-OH is 1. The van der Waals surface area contributed by atoms with Gasteiger partial charge in [-0.2, -0.15) is 5.26 Å². The molecule has 3 N–H and O–H groups in total.